The van der Waals surface area contributed by atoms with E-state index in [1.165, 1.54) is 0 Å². The van der Waals surface area contributed by atoms with Gasteiger partial charge in [0.2, 0.25) is 0 Å². The van der Waals surface area contributed by atoms with E-state index in [-0.39, 0.29) is 19.8 Å². The van der Waals surface area contributed by atoms with Crippen molar-refractivity contribution in [2.24, 2.45) is 0 Å². The van der Waals surface area contributed by atoms with Gasteiger partial charge in [0.15, 0.2) is 0 Å². The fraction of sp³-hybridized carbons (Fsp3) is 0.278. The highest BCUT2D eigenvalue weighted by Crippen LogP contribution is 2.36. The highest BCUT2D eigenvalue weighted by molar-refractivity contribution is 6.30. The lowest BCUT2D eigenvalue weighted by Crippen LogP contribution is -2.55. The second kappa shape index (κ2) is 7.11. The molecule has 2 aromatic carbocycles. The molecule has 2 aromatic rings. The molecule has 0 radical (unpaired) electrons. The Kier molecular flexibility index (Phi) is 4.92. The number of carbonyl (C=O) groups is 1. The SMILES string of the molecule is CCOC(=O)C1(OCc2ccccc2)CNc2cc(Cl)ccc2O1. The van der Waals surface area contributed by atoms with Crippen LogP contribution in [0.2, 0.25) is 5.02 Å². The molecule has 1 aliphatic rings. The second-order valence-electron chi connectivity index (χ2n) is 5.34. The maximum atomic E-state index is 12.5. The van der Waals surface area contributed by atoms with Gasteiger partial charge >= 0.3 is 11.8 Å². The highest BCUT2D eigenvalue weighted by atomic mass is 35.5. The van der Waals surface area contributed by atoms with E-state index in [0.717, 1.165) is 5.56 Å². The van der Waals surface area contributed by atoms with E-state index < -0.39 is 11.8 Å². The summed E-state index contributed by atoms with van der Waals surface area (Å²) in [5.74, 6) is -1.60. The van der Waals surface area contributed by atoms with Crippen LogP contribution in [0.3, 0.4) is 0 Å². The molecule has 0 aromatic heterocycles. The molecule has 1 aliphatic heterocycles. The fourth-order valence-corrected chi connectivity index (χ4v) is 2.60. The van der Waals surface area contributed by atoms with Gasteiger partial charge in [0.05, 0.1) is 25.4 Å². The summed E-state index contributed by atoms with van der Waals surface area (Å²) < 4.78 is 16.9. The number of hydrogen-bond acceptors (Lipinski definition) is 5. The molecule has 24 heavy (non-hydrogen) atoms. The molecule has 0 amide bonds. The van der Waals surface area contributed by atoms with Crippen molar-refractivity contribution in [3.05, 3.63) is 59.1 Å². The van der Waals surface area contributed by atoms with Crippen molar-refractivity contribution in [1.29, 1.82) is 0 Å². The molecule has 1 N–H and O–H groups in total. The van der Waals surface area contributed by atoms with Crippen molar-refractivity contribution < 1.29 is 19.0 Å². The minimum Gasteiger partial charge on any atom is -0.461 e. The standard InChI is InChI=1S/C18H18ClNO4/c1-2-22-17(21)18(23-11-13-6-4-3-5-7-13)12-20-15-10-14(19)8-9-16(15)24-18/h3-10,20H,2,11-12H2,1H3. The topological polar surface area (TPSA) is 56.8 Å². The molecular weight excluding hydrogens is 330 g/mol. The summed E-state index contributed by atoms with van der Waals surface area (Å²) in [5, 5.41) is 3.72. The molecule has 1 atom stereocenters. The quantitative estimate of drug-likeness (QED) is 0.837. The summed E-state index contributed by atoms with van der Waals surface area (Å²) in [7, 11) is 0. The molecule has 0 saturated heterocycles. The van der Waals surface area contributed by atoms with E-state index in [1.54, 1.807) is 25.1 Å². The Bertz CT molecular complexity index is 722. The second-order valence-corrected chi connectivity index (χ2v) is 5.78. The van der Waals surface area contributed by atoms with E-state index >= 15 is 0 Å². The molecule has 0 saturated carbocycles. The van der Waals surface area contributed by atoms with Gasteiger partial charge in [0.1, 0.15) is 5.75 Å². The Morgan fingerprint density at radius 2 is 2.08 bits per heavy atom. The van der Waals surface area contributed by atoms with Crippen molar-refractivity contribution in [2.45, 2.75) is 19.3 Å². The Morgan fingerprint density at radius 1 is 1.29 bits per heavy atom. The van der Waals surface area contributed by atoms with Crippen LogP contribution in [-0.2, 0) is 20.9 Å². The van der Waals surface area contributed by atoms with Crippen LogP contribution in [0.1, 0.15) is 12.5 Å². The Hall–Kier alpha value is -2.24. The van der Waals surface area contributed by atoms with Crippen molar-refractivity contribution in [3.63, 3.8) is 0 Å². The number of esters is 1. The molecule has 1 heterocycles. The van der Waals surface area contributed by atoms with Crippen LogP contribution in [0, 0.1) is 0 Å². The number of hydrogen-bond donors (Lipinski definition) is 1. The van der Waals surface area contributed by atoms with Gasteiger partial charge in [-0.15, -0.1) is 0 Å². The molecular formula is C18H18ClNO4. The molecule has 6 heteroatoms. The molecule has 0 aliphatic carbocycles. The molecule has 3 rings (SSSR count). The van der Waals surface area contributed by atoms with Crippen LogP contribution >= 0.6 is 11.6 Å². The highest BCUT2D eigenvalue weighted by Gasteiger charge is 2.47. The maximum Gasteiger partial charge on any atom is 0.381 e. The smallest absolute Gasteiger partial charge is 0.381 e. The third-order valence-corrected chi connectivity index (χ3v) is 3.86. The van der Waals surface area contributed by atoms with Crippen molar-refractivity contribution in [1.82, 2.24) is 0 Å². The first-order chi connectivity index (χ1) is 11.6. The number of anilines is 1. The molecule has 1 unspecified atom stereocenters. The monoisotopic (exact) mass is 347 g/mol. The van der Waals surface area contributed by atoms with Gasteiger partial charge in [0, 0.05) is 5.02 Å². The van der Waals surface area contributed by atoms with Crippen LogP contribution < -0.4 is 10.1 Å². The summed E-state index contributed by atoms with van der Waals surface area (Å²) in [5.41, 5.74) is 1.65. The lowest BCUT2D eigenvalue weighted by molar-refractivity contribution is -0.217. The summed E-state index contributed by atoms with van der Waals surface area (Å²) in [6, 6.07) is 14.7. The van der Waals surface area contributed by atoms with Crippen LogP contribution in [0.15, 0.2) is 48.5 Å². The van der Waals surface area contributed by atoms with E-state index in [0.29, 0.717) is 16.5 Å². The number of nitrogens with one attached hydrogen (secondary N) is 1. The summed E-state index contributed by atoms with van der Waals surface area (Å²) in [6.45, 7) is 2.34. The number of fused-ring (bicyclic) bond motifs is 1. The fourth-order valence-electron chi connectivity index (χ4n) is 2.42. The molecule has 0 bridgehead atoms. The summed E-state index contributed by atoms with van der Waals surface area (Å²) in [4.78, 5) is 12.5. The Labute approximate surface area is 145 Å². The first-order valence-corrected chi connectivity index (χ1v) is 8.08. The van der Waals surface area contributed by atoms with Crippen LogP contribution in [0.25, 0.3) is 0 Å². The first kappa shape index (κ1) is 16.6. The number of benzene rings is 2. The van der Waals surface area contributed by atoms with Crippen molar-refractivity contribution in [2.75, 3.05) is 18.5 Å². The maximum absolute atomic E-state index is 12.5. The van der Waals surface area contributed by atoms with Crippen molar-refractivity contribution in [3.8, 4) is 5.75 Å². The van der Waals surface area contributed by atoms with Crippen LogP contribution in [-0.4, -0.2) is 24.9 Å². The number of rotatable bonds is 5. The van der Waals surface area contributed by atoms with Crippen LogP contribution in [0.4, 0.5) is 5.69 Å². The molecule has 0 spiro atoms. The first-order valence-electron chi connectivity index (χ1n) is 7.70. The minimum absolute atomic E-state index is 0.131. The van der Waals surface area contributed by atoms with E-state index in [2.05, 4.69) is 5.32 Å². The average molecular weight is 348 g/mol. The Balaban J connectivity index is 1.84. The zero-order valence-corrected chi connectivity index (χ0v) is 14.0. The van der Waals surface area contributed by atoms with E-state index in [4.69, 9.17) is 25.8 Å². The van der Waals surface area contributed by atoms with E-state index in [9.17, 15) is 4.79 Å². The zero-order valence-electron chi connectivity index (χ0n) is 13.3. The molecule has 0 fully saturated rings. The van der Waals surface area contributed by atoms with Gasteiger partial charge < -0.3 is 19.5 Å². The Morgan fingerprint density at radius 3 is 2.83 bits per heavy atom. The number of ether oxygens (including phenoxy) is 3. The summed E-state index contributed by atoms with van der Waals surface area (Å²) >= 11 is 5.98. The van der Waals surface area contributed by atoms with Gasteiger partial charge in [-0.05, 0) is 30.7 Å². The predicted molar refractivity (Wildman–Crippen MR) is 91.2 cm³/mol. The lowest BCUT2D eigenvalue weighted by Gasteiger charge is -2.36. The minimum atomic E-state index is -1.54. The number of carbonyl (C=O) groups excluding carboxylic acids is 1. The largest absolute Gasteiger partial charge is 0.461 e. The van der Waals surface area contributed by atoms with Gasteiger partial charge in [-0.3, -0.25) is 0 Å². The third kappa shape index (κ3) is 3.47. The molecule has 126 valence electrons. The van der Waals surface area contributed by atoms with Gasteiger partial charge in [-0.1, -0.05) is 41.9 Å². The third-order valence-electron chi connectivity index (χ3n) is 3.63. The van der Waals surface area contributed by atoms with Crippen LogP contribution in [0.5, 0.6) is 5.75 Å². The summed E-state index contributed by atoms with van der Waals surface area (Å²) in [6.07, 6.45) is 0. The average Bonchev–Trinajstić information content (AvgIpc) is 2.61. The van der Waals surface area contributed by atoms with Crippen molar-refractivity contribution >= 4 is 23.3 Å². The lowest BCUT2D eigenvalue weighted by atomic mass is 10.1. The zero-order chi connectivity index (χ0) is 17.0. The predicted octanol–water partition coefficient (Wildman–Crippen LogP) is 3.62. The van der Waals surface area contributed by atoms with Gasteiger partial charge in [-0.25, -0.2) is 4.79 Å². The van der Waals surface area contributed by atoms with Gasteiger partial charge in [-0.2, -0.15) is 0 Å². The van der Waals surface area contributed by atoms with E-state index in [1.807, 2.05) is 30.3 Å². The normalized spacial score (nSPS) is 18.9. The van der Waals surface area contributed by atoms with Gasteiger partial charge in [0.25, 0.3) is 0 Å². The molecule has 5 nitrogen and oxygen atoms in total. The number of halogens is 1.